The van der Waals surface area contributed by atoms with Gasteiger partial charge in [0.2, 0.25) is 5.91 Å². The van der Waals surface area contributed by atoms with Crippen molar-refractivity contribution >= 4 is 17.5 Å². The summed E-state index contributed by atoms with van der Waals surface area (Å²) < 4.78 is 1.89. The molecule has 1 aromatic carbocycles. The molecule has 1 aromatic heterocycles. The lowest BCUT2D eigenvalue weighted by molar-refractivity contribution is -0.131. The second-order valence-corrected chi connectivity index (χ2v) is 6.03. The van der Waals surface area contributed by atoms with E-state index in [1.54, 1.807) is 24.4 Å². The Balaban J connectivity index is 1.55. The summed E-state index contributed by atoms with van der Waals surface area (Å²) in [5, 5.41) is 14.3. The lowest BCUT2D eigenvalue weighted by atomic mass is 10.0. The number of phenolic OH excluding ortho intramolecular Hbond substituents is 1. The van der Waals surface area contributed by atoms with Crippen molar-refractivity contribution in [1.29, 1.82) is 0 Å². The SMILES string of the molecule is O=C(Cc1cccc(O)c1)N1CCC(n2cc(Cl)cn2)CC1. The molecule has 3 rings (SSSR count). The fourth-order valence-electron chi connectivity index (χ4n) is 2.85. The molecule has 1 aliphatic rings. The quantitative estimate of drug-likeness (QED) is 0.946. The molecule has 1 amide bonds. The largest absolute Gasteiger partial charge is 0.508 e. The fraction of sp³-hybridized carbons (Fsp3) is 0.375. The van der Waals surface area contributed by atoms with Gasteiger partial charge in [-0.2, -0.15) is 5.10 Å². The normalized spacial score (nSPS) is 16.0. The van der Waals surface area contributed by atoms with Crippen LogP contribution in [0.1, 0.15) is 24.4 Å². The van der Waals surface area contributed by atoms with Crippen LogP contribution in [0.5, 0.6) is 5.75 Å². The summed E-state index contributed by atoms with van der Waals surface area (Å²) in [7, 11) is 0. The first kappa shape index (κ1) is 14.9. The average Bonchev–Trinajstić information content (AvgIpc) is 2.94. The van der Waals surface area contributed by atoms with Crippen molar-refractivity contribution in [3.8, 4) is 5.75 Å². The molecule has 0 spiro atoms. The maximum Gasteiger partial charge on any atom is 0.226 e. The number of phenols is 1. The number of rotatable bonds is 3. The minimum Gasteiger partial charge on any atom is -0.508 e. The number of benzene rings is 1. The summed E-state index contributed by atoms with van der Waals surface area (Å²) in [5.41, 5.74) is 0.839. The zero-order valence-electron chi connectivity index (χ0n) is 12.2. The molecule has 1 fully saturated rings. The lowest BCUT2D eigenvalue weighted by Crippen LogP contribution is -2.39. The topological polar surface area (TPSA) is 58.4 Å². The van der Waals surface area contributed by atoms with Crippen LogP contribution < -0.4 is 0 Å². The van der Waals surface area contributed by atoms with Crippen LogP contribution in [0.25, 0.3) is 0 Å². The molecule has 6 heteroatoms. The summed E-state index contributed by atoms with van der Waals surface area (Å²) in [5.74, 6) is 0.294. The summed E-state index contributed by atoms with van der Waals surface area (Å²) in [6.07, 6.45) is 5.55. The van der Waals surface area contributed by atoms with E-state index < -0.39 is 0 Å². The summed E-state index contributed by atoms with van der Waals surface area (Å²) in [4.78, 5) is 14.2. The Bertz CT molecular complexity index is 663. The van der Waals surface area contributed by atoms with Gasteiger partial charge in [0.05, 0.1) is 23.7 Å². The smallest absolute Gasteiger partial charge is 0.226 e. The Kier molecular flexibility index (Phi) is 4.34. The van der Waals surface area contributed by atoms with E-state index in [0.29, 0.717) is 17.5 Å². The van der Waals surface area contributed by atoms with Gasteiger partial charge in [-0.1, -0.05) is 23.7 Å². The van der Waals surface area contributed by atoms with E-state index in [1.165, 1.54) is 0 Å². The summed E-state index contributed by atoms with van der Waals surface area (Å²) in [6.45, 7) is 1.44. The monoisotopic (exact) mass is 319 g/mol. The zero-order chi connectivity index (χ0) is 15.5. The molecule has 2 aromatic rings. The average molecular weight is 320 g/mol. The Morgan fingerprint density at radius 2 is 2.14 bits per heavy atom. The van der Waals surface area contributed by atoms with Gasteiger partial charge in [-0.15, -0.1) is 0 Å². The number of piperidine rings is 1. The van der Waals surface area contributed by atoms with Gasteiger partial charge in [0, 0.05) is 19.3 Å². The minimum absolute atomic E-state index is 0.0996. The van der Waals surface area contributed by atoms with E-state index in [0.717, 1.165) is 31.5 Å². The van der Waals surface area contributed by atoms with Crippen molar-refractivity contribution in [2.24, 2.45) is 0 Å². The second-order valence-electron chi connectivity index (χ2n) is 5.60. The van der Waals surface area contributed by atoms with E-state index >= 15 is 0 Å². The fourth-order valence-corrected chi connectivity index (χ4v) is 2.99. The van der Waals surface area contributed by atoms with Gasteiger partial charge in [0.25, 0.3) is 0 Å². The summed E-state index contributed by atoms with van der Waals surface area (Å²) >= 11 is 5.89. The molecule has 22 heavy (non-hydrogen) atoms. The molecular formula is C16H18ClN3O2. The molecule has 2 heterocycles. The molecule has 1 aliphatic heterocycles. The van der Waals surface area contributed by atoms with E-state index in [2.05, 4.69) is 5.10 Å². The number of amides is 1. The van der Waals surface area contributed by atoms with Gasteiger partial charge < -0.3 is 10.0 Å². The first-order valence-electron chi connectivity index (χ1n) is 7.37. The van der Waals surface area contributed by atoms with Crippen LogP contribution in [0.4, 0.5) is 0 Å². The highest BCUT2D eigenvalue weighted by Crippen LogP contribution is 2.23. The zero-order valence-corrected chi connectivity index (χ0v) is 12.9. The van der Waals surface area contributed by atoms with E-state index in [4.69, 9.17) is 11.6 Å². The maximum atomic E-state index is 12.3. The van der Waals surface area contributed by atoms with Gasteiger partial charge >= 0.3 is 0 Å². The Morgan fingerprint density at radius 1 is 1.36 bits per heavy atom. The van der Waals surface area contributed by atoms with Crippen LogP contribution in [0.3, 0.4) is 0 Å². The Hall–Kier alpha value is -2.01. The molecule has 0 radical (unpaired) electrons. The van der Waals surface area contributed by atoms with Gasteiger partial charge in [-0.05, 0) is 30.5 Å². The van der Waals surface area contributed by atoms with E-state index in [1.807, 2.05) is 21.8 Å². The van der Waals surface area contributed by atoms with Gasteiger partial charge in [0.1, 0.15) is 5.75 Å². The number of halogens is 1. The van der Waals surface area contributed by atoms with Crippen molar-refractivity contribution in [3.63, 3.8) is 0 Å². The Morgan fingerprint density at radius 3 is 2.77 bits per heavy atom. The first-order chi connectivity index (χ1) is 10.6. The van der Waals surface area contributed by atoms with Crippen LogP contribution in [0.15, 0.2) is 36.7 Å². The lowest BCUT2D eigenvalue weighted by Gasteiger charge is -2.32. The summed E-state index contributed by atoms with van der Waals surface area (Å²) in [6, 6.07) is 7.16. The highest BCUT2D eigenvalue weighted by molar-refractivity contribution is 6.30. The number of nitrogens with zero attached hydrogens (tertiary/aromatic N) is 3. The minimum atomic E-state index is 0.0996. The van der Waals surface area contributed by atoms with Gasteiger partial charge in [0.15, 0.2) is 0 Å². The number of hydrogen-bond acceptors (Lipinski definition) is 3. The van der Waals surface area contributed by atoms with Crippen LogP contribution >= 0.6 is 11.6 Å². The van der Waals surface area contributed by atoms with Crippen LogP contribution in [-0.4, -0.2) is 38.8 Å². The molecule has 1 N–H and O–H groups in total. The maximum absolute atomic E-state index is 12.3. The molecule has 0 atom stereocenters. The number of likely N-dealkylation sites (tertiary alicyclic amines) is 1. The van der Waals surface area contributed by atoms with Gasteiger partial charge in [-0.3, -0.25) is 9.48 Å². The van der Waals surface area contributed by atoms with Crippen LogP contribution in [-0.2, 0) is 11.2 Å². The molecule has 116 valence electrons. The molecule has 0 saturated carbocycles. The number of hydrogen-bond donors (Lipinski definition) is 1. The van der Waals surface area contributed by atoms with E-state index in [-0.39, 0.29) is 11.7 Å². The first-order valence-corrected chi connectivity index (χ1v) is 7.75. The third kappa shape index (κ3) is 3.42. The van der Waals surface area contributed by atoms with Crippen LogP contribution in [0, 0.1) is 0 Å². The van der Waals surface area contributed by atoms with Crippen molar-refractivity contribution < 1.29 is 9.90 Å². The number of aromatic hydroxyl groups is 1. The van der Waals surface area contributed by atoms with Gasteiger partial charge in [-0.25, -0.2) is 0 Å². The number of aromatic nitrogens is 2. The highest BCUT2D eigenvalue weighted by Gasteiger charge is 2.24. The van der Waals surface area contributed by atoms with E-state index in [9.17, 15) is 9.90 Å². The predicted molar refractivity (Wildman–Crippen MR) is 83.9 cm³/mol. The van der Waals surface area contributed by atoms with Crippen molar-refractivity contribution in [3.05, 3.63) is 47.2 Å². The standard InChI is InChI=1S/C16H18ClN3O2/c17-13-10-18-20(11-13)14-4-6-19(7-5-14)16(22)9-12-2-1-3-15(21)8-12/h1-3,8,10-11,14,21H,4-7,9H2. The molecule has 5 nitrogen and oxygen atoms in total. The molecule has 0 bridgehead atoms. The third-order valence-electron chi connectivity index (χ3n) is 4.03. The van der Waals surface area contributed by atoms with Crippen molar-refractivity contribution in [2.45, 2.75) is 25.3 Å². The Labute approximate surface area is 134 Å². The number of carbonyl (C=O) groups is 1. The molecule has 1 saturated heterocycles. The van der Waals surface area contributed by atoms with Crippen molar-refractivity contribution in [2.75, 3.05) is 13.1 Å². The van der Waals surface area contributed by atoms with Crippen molar-refractivity contribution in [1.82, 2.24) is 14.7 Å². The molecule has 0 unspecified atom stereocenters. The predicted octanol–water partition coefficient (Wildman–Crippen LogP) is 2.65. The van der Waals surface area contributed by atoms with Crippen LogP contribution in [0.2, 0.25) is 5.02 Å². The third-order valence-corrected chi connectivity index (χ3v) is 4.22. The number of carbonyl (C=O) groups excluding carboxylic acids is 1. The second kappa shape index (κ2) is 6.40. The molecular weight excluding hydrogens is 302 g/mol. The highest BCUT2D eigenvalue weighted by atomic mass is 35.5. The molecule has 0 aliphatic carbocycles.